The molecule has 0 amide bonds. The van der Waals surface area contributed by atoms with Crippen LogP contribution in [0.2, 0.25) is 10.0 Å². The van der Waals surface area contributed by atoms with Crippen molar-refractivity contribution < 1.29 is 4.74 Å². The number of aromatic nitrogens is 1. The Morgan fingerprint density at radius 2 is 2.00 bits per heavy atom. The molecule has 1 aromatic heterocycles. The van der Waals surface area contributed by atoms with Crippen LogP contribution in [0.15, 0.2) is 36.7 Å². The van der Waals surface area contributed by atoms with Crippen LogP contribution >= 0.6 is 23.2 Å². The molecule has 88 valence electrons. The van der Waals surface area contributed by atoms with Crippen molar-refractivity contribution in [3.8, 4) is 5.75 Å². The van der Waals surface area contributed by atoms with Gasteiger partial charge in [0.2, 0.25) is 0 Å². The van der Waals surface area contributed by atoms with Gasteiger partial charge in [0, 0.05) is 28.5 Å². The lowest BCUT2D eigenvalue weighted by Gasteiger charge is -2.08. The average Bonchev–Trinajstić information content (AvgIpc) is 2.28. The molecule has 0 aliphatic rings. The minimum absolute atomic E-state index is 0.348. The van der Waals surface area contributed by atoms with Gasteiger partial charge < -0.3 is 10.5 Å². The molecule has 2 rings (SSSR count). The van der Waals surface area contributed by atoms with Crippen LogP contribution in [0.1, 0.15) is 5.56 Å². The summed E-state index contributed by atoms with van der Waals surface area (Å²) in [6.07, 6.45) is 3.14. The van der Waals surface area contributed by atoms with Crippen LogP contribution in [0.25, 0.3) is 0 Å². The monoisotopic (exact) mass is 268 g/mol. The van der Waals surface area contributed by atoms with Crippen LogP contribution in [0.4, 0.5) is 5.69 Å². The van der Waals surface area contributed by atoms with E-state index in [1.807, 2.05) is 6.07 Å². The number of hydrogen-bond acceptors (Lipinski definition) is 3. The zero-order valence-corrected chi connectivity index (χ0v) is 10.4. The quantitative estimate of drug-likeness (QED) is 0.867. The number of nitrogens with two attached hydrogens (primary N) is 1. The van der Waals surface area contributed by atoms with E-state index in [-0.39, 0.29) is 0 Å². The van der Waals surface area contributed by atoms with Gasteiger partial charge in [-0.1, -0.05) is 29.3 Å². The molecule has 0 spiro atoms. The van der Waals surface area contributed by atoms with Gasteiger partial charge in [-0.05, 0) is 12.1 Å². The van der Waals surface area contributed by atoms with Gasteiger partial charge in [-0.15, -0.1) is 0 Å². The predicted molar refractivity (Wildman–Crippen MR) is 69.4 cm³/mol. The largest absolute Gasteiger partial charge is 0.487 e. The first-order chi connectivity index (χ1) is 8.15. The van der Waals surface area contributed by atoms with Crippen molar-refractivity contribution in [2.75, 3.05) is 5.73 Å². The molecular formula is C12H10Cl2N2O. The third-order valence-corrected chi connectivity index (χ3v) is 2.71. The van der Waals surface area contributed by atoms with Gasteiger partial charge >= 0.3 is 0 Å². The molecule has 3 nitrogen and oxygen atoms in total. The van der Waals surface area contributed by atoms with E-state index in [1.165, 1.54) is 0 Å². The number of rotatable bonds is 3. The second-order valence-corrected chi connectivity index (χ2v) is 4.32. The number of ether oxygens (including phenoxy) is 1. The Morgan fingerprint density at radius 1 is 1.18 bits per heavy atom. The second kappa shape index (κ2) is 5.25. The summed E-state index contributed by atoms with van der Waals surface area (Å²) in [5.41, 5.74) is 7.09. The third-order valence-electron chi connectivity index (χ3n) is 2.15. The zero-order valence-electron chi connectivity index (χ0n) is 8.86. The predicted octanol–water partition coefficient (Wildman–Crippen LogP) is 3.55. The fraction of sp³-hybridized carbons (Fsp3) is 0.0833. The molecule has 0 radical (unpaired) electrons. The molecule has 2 N–H and O–H groups in total. The van der Waals surface area contributed by atoms with Gasteiger partial charge in [0.25, 0.3) is 0 Å². The molecule has 2 aromatic rings. The Morgan fingerprint density at radius 3 is 2.71 bits per heavy atom. The smallest absolute Gasteiger partial charge is 0.139 e. The summed E-state index contributed by atoms with van der Waals surface area (Å²) < 4.78 is 5.52. The SMILES string of the molecule is Nc1ccc(COc2cncc(Cl)c2)c(Cl)c1. The Hall–Kier alpha value is -1.45. The van der Waals surface area contributed by atoms with E-state index in [2.05, 4.69) is 4.98 Å². The van der Waals surface area contributed by atoms with Gasteiger partial charge in [0.1, 0.15) is 12.4 Å². The molecule has 17 heavy (non-hydrogen) atoms. The Kier molecular flexibility index (Phi) is 3.71. The second-order valence-electron chi connectivity index (χ2n) is 3.48. The molecule has 1 aromatic carbocycles. The Labute approximate surface area is 109 Å². The number of nitrogens with zero attached hydrogens (tertiary/aromatic N) is 1. The molecule has 0 fully saturated rings. The molecule has 0 bridgehead atoms. The standard InChI is InChI=1S/C12H10Cl2N2O/c13-9-3-11(6-16-5-9)17-7-8-1-2-10(15)4-12(8)14/h1-6H,7,15H2. The van der Waals surface area contributed by atoms with E-state index in [1.54, 1.807) is 30.6 Å². The first-order valence-corrected chi connectivity index (χ1v) is 5.68. The van der Waals surface area contributed by atoms with Crippen LogP contribution in [-0.2, 0) is 6.61 Å². The molecular weight excluding hydrogens is 259 g/mol. The number of pyridine rings is 1. The van der Waals surface area contributed by atoms with Crippen molar-refractivity contribution in [3.63, 3.8) is 0 Å². The van der Waals surface area contributed by atoms with E-state index in [0.29, 0.717) is 28.1 Å². The molecule has 0 saturated heterocycles. The fourth-order valence-corrected chi connectivity index (χ4v) is 1.72. The first-order valence-electron chi connectivity index (χ1n) is 4.92. The van der Waals surface area contributed by atoms with Gasteiger partial charge in [0.05, 0.1) is 11.2 Å². The van der Waals surface area contributed by atoms with Crippen LogP contribution in [0, 0.1) is 0 Å². The Bertz CT molecular complexity index is 532. The molecule has 0 aliphatic carbocycles. The van der Waals surface area contributed by atoms with E-state index in [9.17, 15) is 0 Å². The molecule has 0 aliphatic heterocycles. The number of anilines is 1. The summed E-state index contributed by atoms with van der Waals surface area (Å²) in [5, 5.41) is 1.12. The maximum absolute atomic E-state index is 6.03. The highest BCUT2D eigenvalue weighted by molar-refractivity contribution is 6.31. The number of hydrogen-bond donors (Lipinski definition) is 1. The van der Waals surface area contributed by atoms with E-state index >= 15 is 0 Å². The minimum Gasteiger partial charge on any atom is -0.487 e. The zero-order chi connectivity index (χ0) is 12.3. The van der Waals surface area contributed by atoms with Crippen molar-refractivity contribution in [3.05, 3.63) is 52.3 Å². The third kappa shape index (κ3) is 3.25. The average molecular weight is 269 g/mol. The van der Waals surface area contributed by atoms with Crippen molar-refractivity contribution in [2.24, 2.45) is 0 Å². The minimum atomic E-state index is 0.348. The van der Waals surface area contributed by atoms with Gasteiger partial charge in [-0.3, -0.25) is 4.98 Å². The highest BCUT2D eigenvalue weighted by Crippen LogP contribution is 2.22. The topological polar surface area (TPSA) is 48.1 Å². The summed E-state index contributed by atoms with van der Waals surface area (Å²) >= 11 is 11.8. The lowest BCUT2D eigenvalue weighted by molar-refractivity contribution is 0.305. The first kappa shape index (κ1) is 12.0. The molecule has 5 heteroatoms. The Balaban J connectivity index is 2.07. The maximum atomic E-state index is 6.03. The van der Waals surface area contributed by atoms with Crippen LogP contribution < -0.4 is 10.5 Å². The summed E-state index contributed by atoms with van der Waals surface area (Å²) in [5.74, 6) is 0.602. The van der Waals surface area contributed by atoms with Gasteiger partial charge in [-0.2, -0.15) is 0 Å². The van der Waals surface area contributed by atoms with Crippen molar-refractivity contribution in [2.45, 2.75) is 6.61 Å². The van der Waals surface area contributed by atoms with Gasteiger partial charge in [-0.25, -0.2) is 0 Å². The summed E-state index contributed by atoms with van der Waals surface area (Å²) in [6.45, 7) is 0.348. The lowest BCUT2D eigenvalue weighted by Crippen LogP contribution is -1.97. The van der Waals surface area contributed by atoms with Crippen LogP contribution in [0.5, 0.6) is 5.75 Å². The molecule has 1 heterocycles. The van der Waals surface area contributed by atoms with E-state index in [0.717, 1.165) is 5.56 Å². The number of benzene rings is 1. The van der Waals surface area contributed by atoms with Crippen molar-refractivity contribution in [1.29, 1.82) is 0 Å². The highest BCUT2D eigenvalue weighted by Gasteiger charge is 2.02. The molecule has 0 unspecified atom stereocenters. The van der Waals surface area contributed by atoms with Gasteiger partial charge in [0.15, 0.2) is 0 Å². The summed E-state index contributed by atoms with van der Waals surface area (Å²) in [7, 11) is 0. The molecule has 0 atom stereocenters. The highest BCUT2D eigenvalue weighted by atomic mass is 35.5. The van der Waals surface area contributed by atoms with E-state index in [4.69, 9.17) is 33.7 Å². The number of halogens is 2. The van der Waals surface area contributed by atoms with E-state index < -0.39 is 0 Å². The fourth-order valence-electron chi connectivity index (χ4n) is 1.31. The normalized spacial score (nSPS) is 10.2. The van der Waals surface area contributed by atoms with Crippen LogP contribution in [0.3, 0.4) is 0 Å². The lowest BCUT2D eigenvalue weighted by atomic mass is 10.2. The number of nitrogen functional groups attached to an aromatic ring is 1. The van der Waals surface area contributed by atoms with Crippen LogP contribution in [-0.4, -0.2) is 4.98 Å². The van der Waals surface area contributed by atoms with Crippen molar-refractivity contribution >= 4 is 28.9 Å². The maximum Gasteiger partial charge on any atom is 0.139 e. The summed E-state index contributed by atoms with van der Waals surface area (Å²) in [6, 6.07) is 6.99. The molecule has 0 saturated carbocycles. The summed E-state index contributed by atoms with van der Waals surface area (Å²) in [4.78, 5) is 3.92. The van der Waals surface area contributed by atoms with Crippen molar-refractivity contribution in [1.82, 2.24) is 4.98 Å².